The van der Waals surface area contributed by atoms with Gasteiger partial charge in [-0.2, -0.15) is 0 Å². The molecule has 0 aliphatic heterocycles. The second-order valence-electron chi connectivity index (χ2n) is 7.26. The van der Waals surface area contributed by atoms with Crippen molar-refractivity contribution in [3.05, 3.63) is 52.4 Å². The van der Waals surface area contributed by atoms with Crippen LogP contribution in [0.4, 0.5) is 5.00 Å². The Balaban J connectivity index is 2.19. The quantitative estimate of drug-likeness (QED) is 0.810. The molecule has 2 N–H and O–H groups in total. The van der Waals surface area contributed by atoms with Gasteiger partial charge >= 0.3 is 0 Å². The molecule has 0 bridgehead atoms. The zero-order valence-corrected chi connectivity index (χ0v) is 16.5. The van der Waals surface area contributed by atoms with Crippen LogP contribution in [0.25, 0.3) is 0 Å². The summed E-state index contributed by atoms with van der Waals surface area (Å²) >= 11 is 1.27. The molecule has 1 heterocycles. The van der Waals surface area contributed by atoms with Crippen molar-refractivity contribution < 1.29 is 14.7 Å². The zero-order valence-electron chi connectivity index (χ0n) is 15.7. The van der Waals surface area contributed by atoms with Crippen molar-refractivity contribution >= 4 is 28.2 Å². The normalized spacial score (nSPS) is 11.3. The van der Waals surface area contributed by atoms with Crippen molar-refractivity contribution in [3.8, 4) is 0 Å². The van der Waals surface area contributed by atoms with Crippen LogP contribution in [-0.2, 0) is 11.3 Å². The Labute approximate surface area is 158 Å². The van der Waals surface area contributed by atoms with Gasteiger partial charge in [0.25, 0.3) is 5.91 Å². The van der Waals surface area contributed by atoms with E-state index in [-0.39, 0.29) is 25.0 Å². The Bertz CT molecular complexity index is 763. The highest BCUT2D eigenvalue weighted by atomic mass is 32.1. The molecule has 2 rings (SSSR count). The van der Waals surface area contributed by atoms with Crippen LogP contribution in [0.3, 0.4) is 0 Å². The van der Waals surface area contributed by atoms with Crippen LogP contribution in [0.15, 0.2) is 36.4 Å². The number of nitrogens with zero attached hydrogens (tertiary/aromatic N) is 1. The SMILES string of the molecule is Cc1cc(NC(=O)C(C)(C)C)sc1C(=O)N(CCO)Cc1ccccc1. The average Bonchev–Trinajstić information content (AvgIpc) is 2.94. The first-order chi connectivity index (χ1) is 12.2. The van der Waals surface area contributed by atoms with Gasteiger partial charge in [0.1, 0.15) is 0 Å². The van der Waals surface area contributed by atoms with Gasteiger partial charge in [0, 0.05) is 18.5 Å². The maximum atomic E-state index is 13.0. The van der Waals surface area contributed by atoms with Gasteiger partial charge in [0.05, 0.1) is 16.5 Å². The molecule has 0 unspecified atom stereocenters. The molecule has 0 fully saturated rings. The number of carbonyl (C=O) groups excluding carboxylic acids is 2. The number of anilines is 1. The number of nitrogens with one attached hydrogen (secondary N) is 1. The van der Waals surface area contributed by atoms with Gasteiger partial charge in [0.15, 0.2) is 0 Å². The van der Waals surface area contributed by atoms with E-state index in [1.54, 1.807) is 4.90 Å². The van der Waals surface area contributed by atoms with Crippen LogP contribution in [-0.4, -0.2) is 35.0 Å². The standard InChI is InChI=1S/C20H26N2O3S/c1-14-12-16(21-19(25)20(2,3)4)26-17(14)18(24)22(10-11-23)13-15-8-6-5-7-9-15/h5-9,12,23H,10-11,13H2,1-4H3,(H,21,25). The fourth-order valence-corrected chi connectivity index (χ4v) is 3.41. The van der Waals surface area contributed by atoms with Crippen molar-refractivity contribution in [2.75, 3.05) is 18.5 Å². The van der Waals surface area contributed by atoms with Crippen LogP contribution in [0.1, 0.15) is 41.6 Å². The lowest BCUT2D eigenvalue weighted by atomic mass is 9.96. The molecule has 0 atom stereocenters. The minimum Gasteiger partial charge on any atom is -0.395 e. The number of carbonyl (C=O) groups is 2. The molecular formula is C20H26N2O3S. The van der Waals surface area contributed by atoms with Crippen molar-refractivity contribution in [1.82, 2.24) is 4.90 Å². The Morgan fingerprint density at radius 1 is 1.19 bits per heavy atom. The number of thiophene rings is 1. The summed E-state index contributed by atoms with van der Waals surface area (Å²) in [4.78, 5) is 27.3. The summed E-state index contributed by atoms with van der Waals surface area (Å²) in [6.07, 6.45) is 0. The molecular weight excluding hydrogens is 348 g/mol. The number of rotatable bonds is 6. The molecule has 0 radical (unpaired) electrons. The Morgan fingerprint density at radius 2 is 1.85 bits per heavy atom. The summed E-state index contributed by atoms with van der Waals surface area (Å²) in [7, 11) is 0. The van der Waals surface area contributed by atoms with E-state index < -0.39 is 5.41 Å². The molecule has 140 valence electrons. The highest BCUT2D eigenvalue weighted by Gasteiger charge is 2.24. The third kappa shape index (κ3) is 5.16. The molecule has 1 aromatic carbocycles. The van der Waals surface area contributed by atoms with E-state index in [1.807, 2.05) is 64.1 Å². The lowest BCUT2D eigenvalue weighted by Crippen LogP contribution is -2.33. The van der Waals surface area contributed by atoms with E-state index >= 15 is 0 Å². The molecule has 0 aliphatic carbocycles. The second kappa shape index (κ2) is 8.47. The van der Waals surface area contributed by atoms with E-state index in [2.05, 4.69) is 5.32 Å². The summed E-state index contributed by atoms with van der Waals surface area (Å²) in [5.74, 6) is -0.226. The number of aliphatic hydroxyl groups excluding tert-OH is 1. The van der Waals surface area contributed by atoms with E-state index in [0.717, 1.165) is 11.1 Å². The third-order valence-corrected chi connectivity index (χ3v) is 5.04. The number of benzene rings is 1. The summed E-state index contributed by atoms with van der Waals surface area (Å²) in [6.45, 7) is 7.98. The second-order valence-corrected chi connectivity index (χ2v) is 8.32. The van der Waals surface area contributed by atoms with Crippen LogP contribution in [0.2, 0.25) is 0 Å². The third-order valence-electron chi connectivity index (χ3n) is 3.90. The molecule has 2 amide bonds. The number of amides is 2. The number of aliphatic hydroxyl groups is 1. The lowest BCUT2D eigenvalue weighted by Gasteiger charge is -2.21. The smallest absolute Gasteiger partial charge is 0.264 e. The molecule has 0 spiro atoms. The molecule has 2 aromatic rings. The fourth-order valence-electron chi connectivity index (χ4n) is 2.38. The molecule has 0 aliphatic rings. The maximum absolute atomic E-state index is 13.0. The summed E-state index contributed by atoms with van der Waals surface area (Å²) in [6, 6.07) is 11.5. The van der Waals surface area contributed by atoms with Gasteiger partial charge in [-0.15, -0.1) is 11.3 Å². The van der Waals surface area contributed by atoms with E-state index in [4.69, 9.17) is 0 Å². The van der Waals surface area contributed by atoms with Gasteiger partial charge in [-0.1, -0.05) is 51.1 Å². The van der Waals surface area contributed by atoms with Crippen LogP contribution < -0.4 is 5.32 Å². The number of hydrogen-bond acceptors (Lipinski definition) is 4. The molecule has 1 aromatic heterocycles. The first-order valence-corrected chi connectivity index (χ1v) is 9.40. The van der Waals surface area contributed by atoms with Gasteiger partial charge in [0.2, 0.25) is 5.91 Å². The number of aryl methyl sites for hydroxylation is 1. The van der Waals surface area contributed by atoms with Crippen molar-refractivity contribution in [3.63, 3.8) is 0 Å². The van der Waals surface area contributed by atoms with Gasteiger partial charge in [-0.25, -0.2) is 0 Å². The first kappa shape index (κ1) is 20.1. The molecule has 5 nitrogen and oxygen atoms in total. The molecule has 0 saturated heterocycles. The lowest BCUT2D eigenvalue weighted by molar-refractivity contribution is -0.123. The van der Waals surface area contributed by atoms with E-state index in [1.165, 1.54) is 11.3 Å². The number of hydrogen-bond donors (Lipinski definition) is 2. The summed E-state index contributed by atoms with van der Waals surface area (Å²) < 4.78 is 0. The van der Waals surface area contributed by atoms with Gasteiger partial charge in [-0.3, -0.25) is 9.59 Å². The molecule has 6 heteroatoms. The minimum atomic E-state index is -0.502. The largest absolute Gasteiger partial charge is 0.395 e. The maximum Gasteiger partial charge on any atom is 0.264 e. The molecule has 0 saturated carbocycles. The van der Waals surface area contributed by atoms with Gasteiger partial charge in [-0.05, 0) is 24.1 Å². The van der Waals surface area contributed by atoms with Crippen molar-refractivity contribution in [1.29, 1.82) is 0 Å². The minimum absolute atomic E-state index is 0.0887. The fraction of sp³-hybridized carbons (Fsp3) is 0.400. The van der Waals surface area contributed by atoms with Crippen LogP contribution >= 0.6 is 11.3 Å². The highest BCUT2D eigenvalue weighted by Crippen LogP contribution is 2.29. The predicted molar refractivity (Wildman–Crippen MR) is 105 cm³/mol. The monoisotopic (exact) mass is 374 g/mol. The van der Waals surface area contributed by atoms with Crippen molar-refractivity contribution in [2.24, 2.45) is 5.41 Å². The average molecular weight is 375 g/mol. The summed E-state index contributed by atoms with van der Waals surface area (Å²) in [5.41, 5.74) is 1.32. The summed E-state index contributed by atoms with van der Waals surface area (Å²) in [5, 5.41) is 12.9. The topological polar surface area (TPSA) is 69.6 Å². The first-order valence-electron chi connectivity index (χ1n) is 8.58. The molecule has 26 heavy (non-hydrogen) atoms. The van der Waals surface area contributed by atoms with Crippen LogP contribution in [0.5, 0.6) is 0 Å². The predicted octanol–water partition coefficient (Wildman–Crippen LogP) is 3.68. The highest BCUT2D eigenvalue weighted by molar-refractivity contribution is 7.18. The van der Waals surface area contributed by atoms with Crippen LogP contribution in [0, 0.1) is 12.3 Å². The Kier molecular flexibility index (Phi) is 6.56. The Morgan fingerprint density at radius 3 is 2.42 bits per heavy atom. The van der Waals surface area contributed by atoms with E-state index in [9.17, 15) is 14.7 Å². The van der Waals surface area contributed by atoms with Crippen molar-refractivity contribution in [2.45, 2.75) is 34.2 Å². The van der Waals surface area contributed by atoms with E-state index in [0.29, 0.717) is 16.4 Å². The zero-order chi connectivity index (χ0) is 19.3. The Hall–Kier alpha value is -2.18. The van der Waals surface area contributed by atoms with Gasteiger partial charge < -0.3 is 15.3 Å².